The maximum Gasteiger partial charge on any atom is 0.237 e. The van der Waals surface area contributed by atoms with Crippen LogP contribution in [0.3, 0.4) is 0 Å². The van der Waals surface area contributed by atoms with E-state index in [2.05, 4.69) is 36.7 Å². The van der Waals surface area contributed by atoms with Gasteiger partial charge in [0.2, 0.25) is 11.8 Å². The van der Waals surface area contributed by atoms with Crippen molar-refractivity contribution in [1.29, 1.82) is 0 Å². The van der Waals surface area contributed by atoms with E-state index in [9.17, 15) is 19.1 Å². The Morgan fingerprint density at radius 2 is 1.97 bits per heavy atom. The third-order valence-electron chi connectivity index (χ3n) is 8.39. The number of nitrogens with one attached hydrogen (secondary N) is 3. The van der Waals surface area contributed by atoms with Crippen LogP contribution in [0.15, 0.2) is 41.5 Å². The van der Waals surface area contributed by atoms with Gasteiger partial charge in [-0.3, -0.25) is 9.59 Å². The summed E-state index contributed by atoms with van der Waals surface area (Å²) in [5.41, 5.74) is 0.329. The Balaban J connectivity index is 1.80. The van der Waals surface area contributed by atoms with Crippen LogP contribution in [0.25, 0.3) is 0 Å². The molecule has 1 aromatic rings. The zero-order chi connectivity index (χ0) is 28.5. The summed E-state index contributed by atoms with van der Waals surface area (Å²) in [6.07, 6.45) is 8.16. The molecule has 4 N–H and O–H groups in total. The normalized spacial score (nSPS) is 31.9. The second kappa shape index (κ2) is 11.9. The summed E-state index contributed by atoms with van der Waals surface area (Å²) in [5, 5.41) is 20.4. The van der Waals surface area contributed by atoms with E-state index in [1.54, 1.807) is 18.2 Å². The highest BCUT2D eigenvalue weighted by molar-refractivity contribution is 6.31. The van der Waals surface area contributed by atoms with Crippen LogP contribution >= 0.6 is 23.2 Å². The van der Waals surface area contributed by atoms with Gasteiger partial charge in [0.25, 0.3) is 0 Å². The Bertz CT molecular complexity index is 1140. The van der Waals surface area contributed by atoms with E-state index in [0.717, 1.165) is 5.56 Å². The number of aliphatic hydroxyl groups excluding tert-OH is 1. The summed E-state index contributed by atoms with van der Waals surface area (Å²) in [6.45, 7) is 7.60. The van der Waals surface area contributed by atoms with Crippen molar-refractivity contribution in [3.63, 3.8) is 0 Å². The molecule has 0 bridgehead atoms. The van der Waals surface area contributed by atoms with Gasteiger partial charge in [-0.25, -0.2) is 4.39 Å². The quantitative estimate of drug-likeness (QED) is 0.315. The van der Waals surface area contributed by atoms with Gasteiger partial charge < -0.3 is 21.1 Å². The molecule has 1 saturated carbocycles. The summed E-state index contributed by atoms with van der Waals surface area (Å²) < 4.78 is 12.9. The van der Waals surface area contributed by atoms with Gasteiger partial charge in [-0.1, -0.05) is 69.1 Å². The predicted octanol–water partition coefficient (Wildman–Crippen LogP) is 5.63. The maximum absolute atomic E-state index is 14.1. The fourth-order valence-corrected chi connectivity index (χ4v) is 7.00. The highest BCUT2D eigenvalue weighted by Crippen LogP contribution is 2.55. The molecule has 2 aliphatic heterocycles. The van der Waals surface area contributed by atoms with Crippen molar-refractivity contribution in [3.05, 3.63) is 52.0 Å². The van der Waals surface area contributed by atoms with Gasteiger partial charge in [0.1, 0.15) is 6.67 Å². The van der Waals surface area contributed by atoms with Gasteiger partial charge in [-0.15, -0.1) is 0 Å². The molecule has 1 aromatic carbocycles. The summed E-state index contributed by atoms with van der Waals surface area (Å²) >= 11 is 12.2. The van der Waals surface area contributed by atoms with Crippen molar-refractivity contribution in [2.75, 3.05) is 12.0 Å². The molecular formula is C30H40Cl2FN3O3. The monoisotopic (exact) mass is 579 g/mol. The van der Waals surface area contributed by atoms with Gasteiger partial charge in [0.15, 0.2) is 0 Å². The zero-order valence-corrected chi connectivity index (χ0v) is 24.6. The third kappa shape index (κ3) is 6.22. The number of halogens is 3. The average Bonchev–Trinajstić information content (AvgIpc) is 3.34. The molecule has 3 aliphatic rings. The molecule has 2 heterocycles. The minimum atomic E-state index is -1.03. The van der Waals surface area contributed by atoms with Crippen LogP contribution in [0.1, 0.15) is 65.4 Å². The van der Waals surface area contributed by atoms with E-state index < -0.39 is 24.0 Å². The van der Waals surface area contributed by atoms with E-state index in [1.165, 1.54) is 6.08 Å². The van der Waals surface area contributed by atoms with Crippen LogP contribution in [-0.4, -0.2) is 47.8 Å². The van der Waals surface area contributed by atoms with Crippen molar-refractivity contribution in [1.82, 2.24) is 10.6 Å². The van der Waals surface area contributed by atoms with Crippen LogP contribution in [0.5, 0.6) is 0 Å². The molecule has 0 radical (unpaired) electrons. The molecule has 9 heteroatoms. The molecule has 4 rings (SSSR count). The molecule has 2 fully saturated rings. The first-order valence-electron chi connectivity index (χ1n) is 13.8. The third-order valence-corrected chi connectivity index (χ3v) is 8.86. The number of fused-ring (bicyclic) bond motifs is 2. The standard InChI is InChI=1S/C30H40Cl2FN3O3/c1-17(6-5-7-19(32)16-33)25-26(27(38)34-20-9-11-21(37)12-10-20)36-24(15-29(2,3)4)30(25)22-13-8-18(31)14-23(22)35-28(30)39/h5-8,13-14,17,20-21,24-26,36-37H,9-12,15-16H2,1-4H3,(H,34,38)(H,35,39)/b6-5-,19-7+/t17?,20?,21?,24-,25+,26-,30+/m1/s1. The predicted molar refractivity (Wildman–Crippen MR) is 155 cm³/mol. The van der Waals surface area contributed by atoms with Gasteiger partial charge in [-0.2, -0.15) is 0 Å². The minimum Gasteiger partial charge on any atom is -0.393 e. The Labute approximate surface area is 240 Å². The van der Waals surface area contributed by atoms with E-state index in [4.69, 9.17) is 23.2 Å². The molecule has 1 aliphatic carbocycles. The number of carbonyl (C=O) groups is 2. The molecule has 1 unspecified atom stereocenters. The zero-order valence-electron chi connectivity index (χ0n) is 23.1. The van der Waals surface area contributed by atoms with Crippen LogP contribution in [-0.2, 0) is 15.0 Å². The fraction of sp³-hybridized carbons (Fsp3) is 0.600. The number of allylic oxidation sites excluding steroid dienone is 4. The molecule has 2 amide bonds. The summed E-state index contributed by atoms with van der Waals surface area (Å²) in [6, 6.07) is 4.45. The van der Waals surface area contributed by atoms with E-state index in [1.807, 2.05) is 19.1 Å². The van der Waals surface area contributed by atoms with Crippen molar-refractivity contribution < 1.29 is 19.1 Å². The lowest BCUT2D eigenvalue weighted by Crippen LogP contribution is -2.52. The number of amides is 2. The van der Waals surface area contributed by atoms with Gasteiger partial charge in [0, 0.05) is 33.7 Å². The first kappa shape index (κ1) is 30.0. The first-order valence-corrected chi connectivity index (χ1v) is 14.6. The van der Waals surface area contributed by atoms with Crippen LogP contribution in [0.4, 0.5) is 10.1 Å². The van der Waals surface area contributed by atoms with Crippen molar-refractivity contribution >= 4 is 40.7 Å². The molecule has 1 spiro atoms. The molecular weight excluding hydrogens is 540 g/mol. The summed E-state index contributed by atoms with van der Waals surface area (Å²) in [7, 11) is 0. The number of hydrogen-bond donors (Lipinski definition) is 4. The molecule has 214 valence electrons. The number of benzene rings is 1. The van der Waals surface area contributed by atoms with E-state index in [-0.39, 0.29) is 46.4 Å². The van der Waals surface area contributed by atoms with Crippen LogP contribution in [0, 0.1) is 17.3 Å². The van der Waals surface area contributed by atoms with Crippen LogP contribution in [0.2, 0.25) is 5.02 Å². The van der Waals surface area contributed by atoms with Gasteiger partial charge in [-0.05, 0) is 67.2 Å². The number of alkyl halides is 1. The van der Waals surface area contributed by atoms with Crippen LogP contribution < -0.4 is 16.0 Å². The number of aliphatic hydroxyl groups is 1. The molecule has 0 aromatic heterocycles. The maximum atomic E-state index is 14.1. The second-order valence-electron chi connectivity index (χ2n) is 12.5. The second-order valence-corrected chi connectivity index (χ2v) is 13.4. The Hall–Kier alpha value is -1.93. The van der Waals surface area contributed by atoms with Gasteiger partial charge in [0.05, 0.1) is 17.6 Å². The Kier molecular flexibility index (Phi) is 9.16. The topological polar surface area (TPSA) is 90.5 Å². The van der Waals surface area contributed by atoms with E-state index in [0.29, 0.717) is 42.8 Å². The van der Waals surface area contributed by atoms with Crippen molar-refractivity contribution in [2.45, 2.75) is 89.4 Å². The SMILES string of the molecule is CC(/C=C\C=C(\Cl)CF)[C@H]1[C@H](C(=O)NC2CCC(O)CC2)N[C@H](CC(C)(C)C)[C@]12C(=O)Nc1cc(Cl)ccc12. The molecule has 39 heavy (non-hydrogen) atoms. The molecule has 1 saturated heterocycles. The lowest BCUT2D eigenvalue weighted by molar-refractivity contribution is -0.126. The van der Waals surface area contributed by atoms with Gasteiger partial charge >= 0.3 is 0 Å². The molecule has 5 atom stereocenters. The first-order chi connectivity index (χ1) is 18.4. The summed E-state index contributed by atoms with van der Waals surface area (Å²) in [4.78, 5) is 28.1. The lowest BCUT2D eigenvalue weighted by atomic mass is 9.61. The Morgan fingerprint density at radius 1 is 1.28 bits per heavy atom. The highest BCUT2D eigenvalue weighted by atomic mass is 35.5. The Morgan fingerprint density at radius 3 is 2.62 bits per heavy atom. The fourth-order valence-electron chi connectivity index (χ4n) is 6.75. The number of carbonyl (C=O) groups excluding carboxylic acids is 2. The molecule has 6 nitrogen and oxygen atoms in total. The largest absolute Gasteiger partial charge is 0.393 e. The highest BCUT2D eigenvalue weighted by Gasteiger charge is 2.66. The van der Waals surface area contributed by atoms with Crippen molar-refractivity contribution in [3.8, 4) is 0 Å². The average molecular weight is 581 g/mol. The minimum absolute atomic E-state index is 0.0263. The van der Waals surface area contributed by atoms with Crippen molar-refractivity contribution in [2.24, 2.45) is 17.3 Å². The van der Waals surface area contributed by atoms with E-state index >= 15 is 0 Å². The number of anilines is 1. The lowest BCUT2D eigenvalue weighted by Gasteiger charge is -2.39. The summed E-state index contributed by atoms with van der Waals surface area (Å²) in [5.74, 6) is -1.00. The number of rotatable bonds is 7. The number of hydrogen-bond acceptors (Lipinski definition) is 4. The smallest absolute Gasteiger partial charge is 0.237 e.